The van der Waals surface area contributed by atoms with Gasteiger partial charge in [-0.2, -0.15) is 17.4 Å². The standard InChI is InChI=1S/C11H15ClN2O2S/c1-14(2)17(15,16)13-11(6-7-11)9-4-3-5-10(12)8-9/h3-5,8,13H,6-7H2,1-2H3. The van der Waals surface area contributed by atoms with Crippen molar-refractivity contribution in [2.45, 2.75) is 18.4 Å². The molecule has 0 unspecified atom stereocenters. The zero-order valence-corrected chi connectivity index (χ0v) is 11.3. The lowest BCUT2D eigenvalue weighted by Gasteiger charge is -2.21. The van der Waals surface area contributed by atoms with Crippen LogP contribution in [0.5, 0.6) is 0 Å². The molecule has 2 rings (SSSR count). The Morgan fingerprint density at radius 1 is 1.35 bits per heavy atom. The smallest absolute Gasteiger partial charge is 0.195 e. The van der Waals surface area contributed by atoms with E-state index in [2.05, 4.69) is 4.72 Å². The van der Waals surface area contributed by atoms with Crippen LogP contribution in [0.4, 0.5) is 0 Å². The highest BCUT2D eigenvalue weighted by Crippen LogP contribution is 2.46. The van der Waals surface area contributed by atoms with Gasteiger partial charge in [0.25, 0.3) is 10.2 Å². The minimum atomic E-state index is -3.41. The van der Waals surface area contributed by atoms with E-state index in [1.54, 1.807) is 6.07 Å². The van der Waals surface area contributed by atoms with Gasteiger partial charge in [-0.1, -0.05) is 23.7 Å². The summed E-state index contributed by atoms with van der Waals surface area (Å²) in [4.78, 5) is 0. The quantitative estimate of drug-likeness (QED) is 0.909. The van der Waals surface area contributed by atoms with Crippen molar-refractivity contribution in [2.75, 3.05) is 14.1 Å². The van der Waals surface area contributed by atoms with Crippen LogP contribution >= 0.6 is 11.6 Å². The molecule has 1 aromatic rings. The third-order valence-corrected chi connectivity index (χ3v) is 4.78. The van der Waals surface area contributed by atoms with Crippen molar-refractivity contribution in [3.05, 3.63) is 34.9 Å². The molecule has 0 radical (unpaired) electrons. The third-order valence-electron chi connectivity index (χ3n) is 2.93. The van der Waals surface area contributed by atoms with Gasteiger partial charge in [-0.25, -0.2) is 0 Å². The molecule has 0 aliphatic heterocycles. The number of nitrogens with zero attached hydrogens (tertiary/aromatic N) is 1. The van der Waals surface area contributed by atoms with E-state index in [0.717, 1.165) is 18.4 Å². The number of hydrogen-bond donors (Lipinski definition) is 1. The third kappa shape index (κ3) is 2.63. The Kier molecular flexibility index (Phi) is 3.20. The van der Waals surface area contributed by atoms with Gasteiger partial charge < -0.3 is 0 Å². The van der Waals surface area contributed by atoms with Crippen LogP contribution in [-0.4, -0.2) is 26.8 Å². The zero-order chi connectivity index (χ0) is 12.7. The van der Waals surface area contributed by atoms with Gasteiger partial charge in [0.1, 0.15) is 0 Å². The maximum atomic E-state index is 11.8. The van der Waals surface area contributed by atoms with E-state index in [9.17, 15) is 8.42 Å². The lowest BCUT2D eigenvalue weighted by Crippen LogP contribution is -2.42. The number of rotatable bonds is 4. The van der Waals surface area contributed by atoms with Crippen LogP contribution in [-0.2, 0) is 15.7 Å². The minimum Gasteiger partial charge on any atom is -0.195 e. The normalized spacial score (nSPS) is 18.4. The first-order chi connectivity index (χ1) is 7.86. The van der Waals surface area contributed by atoms with Crippen LogP contribution in [0, 0.1) is 0 Å². The highest BCUT2D eigenvalue weighted by molar-refractivity contribution is 7.87. The van der Waals surface area contributed by atoms with Crippen molar-refractivity contribution in [3.63, 3.8) is 0 Å². The molecule has 17 heavy (non-hydrogen) atoms. The summed E-state index contributed by atoms with van der Waals surface area (Å²) in [6.07, 6.45) is 1.61. The molecule has 1 saturated carbocycles. The van der Waals surface area contributed by atoms with Gasteiger partial charge in [0.15, 0.2) is 0 Å². The predicted molar refractivity (Wildman–Crippen MR) is 68.1 cm³/mol. The Morgan fingerprint density at radius 2 is 2.00 bits per heavy atom. The van der Waals surface area contributed by atoms with Gasteiger partial charge in [0.05, 0.1) is 5.54 Å². The van der Waals surface area contributed by atoms with Gasteiger partial charge in [0, 0.05) is 19.1 Å². The summed E-state index contributed by atoms with van der Waals surface area (Å²) in [7, 11) is -0.394. The fraction of sp³-hybridized carbons (Fsp3) is 0.455. The molecule has 1 fully saturated rings. The van der Waals surface area contributed by atoms with E-state index in [1.807, 2.05) is 18.2 Å². The maximum absolute atomic E-state index is 11.8. The maximum Gasteiger partial charge on any atom is 0.279 e. The molecule has 0 aromatic heterocycles. The molecule has 4 nitrogen and oxygen atoms in total. The van der Waals surface area contributed by atoms with Gasteiger partial charge >= 0.3 is 0 Å². The first-order valence-corrected chi connectivity index (χ1v) is 7.15. The van der Waals surface area contributed by atoms with Crippen LogP contribution < -0.4 is 4.72 Å². The molecular formula is C11H15ClN2O2S. The average Bonchev–Trinajstić information content (AvgIpc) is 2.98. The van der Waals surface area contributed by atoms with E-state index >= 15 is 0 Å². The van der Waals surface area contributed by atoms with Crippen molar-refractivity contribution >= 4 is 21.8 Å². The molecule has 1 aliphatic rings. The molecule has 0 spiro atoms. The van der Waals surface area contributed by atoms with E-state index in [0.29, 0.717) is 5.02 Å². The molecule has 1 aromatic carbocycles. The molecule has 0 atom stereocenters. The summed E-state index contributed by atoms with van der Waals surface area (Å²) in [5, 5.41) is 0.623. The van der Waals surface area contributed by atoms with Crippen LogP contribution in [0.25, 0.3) is 0 Å². The fourth-order valence-electron chi connectivity index (χ4n) is 1.70. The summed E-state index contributed by atoms with van der Waals surface area (Å²) in [5.74, 6) is 0. The number of nitrogens with one attached hydrogen (secondary N) is 1. The van der Waals surface area contributed by atoms with Crippen molar-refractivity contribution in [1.82, 2.24) is 9.03 Å². The summed E-state index contributed by atoms with van der Waals surface area (Å²) in [6.45, 7) is 0. The van der Waals surface area contributed by atoms with Crippen molar-refractivity contribution in [1.29, 1.82) is 0 Å². The molecule has 94 valence electrons. The summed E-state index contributed by atoms with van der Waals surface area (Å²) in [5.41, 5.74) is 0.462. The number of halogens is 1. The Bertz CT molecular complexity index is 524. The molecule has 1 N–H and O–H groups in total. The number of hydrogen-bond acceptors (Lipinski definition) is 2. The summed E-state index contributed by atoms with van der Waals surface area (Å²) >= 11 is 5.92. The monoisotopic (exact) mass is 274 g/mol. The minimum absolute atomic E-state index is 0.464. The average molecular weight is 275 g/mol. The summed E-state index contributed by atoms with van der Waals surface area (Å²) in [6, 6.07) is 7.33. The Morgan fingerprint density at radius 3 is 2.47 bits per heavy atom. The zero-order valence-electron chi connectivity index (χ0n) is 9.77. The first-order valence-electron chi connectivity index (χ1n) is 5.33. The van der Waals surface area contributed by atoms with Gasteiger partial charge in [-0.3, -0.25) is 0 Å². The molecule has 0 saturated heterocycles. The SMILES string of the molecule is CN(C)S(=O)(=O)NC1(c2cccc(Cl)c2)CC1. The topological polar surface area (TPSA) is 49.4 Å². The molecule has 1 aliphatic carbocycles. The van der Waals surface area contributed by atoms with E-state index in [-0.39, 0.29) is 0 Å². The summed E-state index contributed by atoms with van der Waals surface area (Å²) < 4.78 is 27.6. The second-order valence-electron chi connectivity index (χ2n) is 4.48. The molecule has 6 heteroatoms. The Balaban J connectivity index is 2.27. The number of benzene rings is 1. The molecule has 0 heterocycles. The second kappa shape index (κ2) is 4.24. The largest absolute Gasteiger partial charge is 0.279 e. The Hall–Kier alpha value is -0.620. The van der Waals surface area contributed by atoms with E-state index < -0.39 is 15.7 Å². The first kappa shape index (κ1) is 12.8. The van der Waals surface area contributed by atoms with Crippen LogP contribution in [0.2, 0.25) is 5.02 Å². The van der Waals surface area contributed by atoms with Crippen LogP contribution in [0.3, 0.4) is 0 Å². The molecular weight excluding hydrogens is 260 g/mol. The highest BCUT2D eigenvalue weighted by Gasteiger charge is 2.47. The fourth-order valence-corrected chi connectivity index (χ4v) is 2.89. The lowest BCUT2D eigenvalue weighted by atomic mass is 10.1. The predicted octanol–water partition coefficient (Wildman–Crippen LogP) is 1.73. The highest BCUT2D eigenvalue weighted by atomic mass is 35.5. The van der Waals surface area contributed by atoms with Crippen molar-refractivity contribution in [2.24, 2.45) is 0 Å². The van der Waals surface area contributed by atoms with Crippen LogP contribution in [0.1, 0.15) is 18.4 Å². The van der Waals surface area contributed by atoms with E-state index in [1.165, 1.54) is 18.4 Å². The molecule has 0 bridgehead atoms. The lowest BCUT2D eigenvalue weighted by molar-refractivity contribution is 0.484. The van der Waals surface area contributed by atoms with Crippen molar-refractivity contribution < 1.29 is 8.42 Å². The van der Waals surface area contributed by atoms with E-state index in [4.69, 9.17) is 11.6 Å². The molecule has 0 amide bonds. The second-order valence-corrected chi connectivity index (χ2v) is 6.80. The van der Waals surface area contributed by atoms with Crippen molar-refractivity contribution in [3.8, 4) is 0 Å². The van der Waals surface area contributed by atoms with Crippen LogP contribution in [0.15, 0.2) is 24.3 Å². The van der Waals surface area contributed by atoms with Gasteiger partial charge in [-0.15, -0.1) is 0 Å². The Labute approximate surface area is 107 Å². The van der Waals surface area contributed by atoms with Gasteiger partial charge in [0.2, 0.25) is 0 Å². The van der Waals surface area contributed by atoms with Gasteiger partial charge in [-0.05, 0) is 30.5 Å².